The van der Waals surface area contributed by atoms with Crippen LogP contribution in [0.5, 0.6) is 0 Å². The standard InChI is InChI=1S/C23H26N6O3/c1-32-22(31)17-4-5-18-19(13-17)26-23(25-18)27-20-12-15(6-7-24-20)14-28-8-10-29(11-9-28)21(30)16-2-3-16/h4-7,12-13,16H,2-3,8-11,14H2,1H3,(H2,24,25,26,27). The molecule has 9 heteroatoms. The number of hydrogen-bond acceptors (Lipinski definition) is 7. The van der Waals surface area contributed by atoms with Crippen LogP contribution in [0, 0.1) is 5.92 Å². The van der Waals surface area contributed by atoms with E-state index in [1.165, 1.54) is 7.11 Å². The van der Waals surface area contributed by atoms with E-state index in [-0.39, 0.29) is 5.97 Å². The molecule has 3 heterocycles. The zero-order chi connectivity index (χ0) is 22.1. The van der Waals surface area contributed by atoms with Crippen molar-refractivity contribution in [2.24, 2.45) is 5.92 Å². The van der Waals surface area contributed by atoms with Crippen molar-refractivity contribution in [1.29, 1.82) is 0 Å². The first kappa shape index (κ1) is 20.4. The van der Waals surface area contributed by atoms with E-state index in [9.17, 15) is 9.59 Å². The maximum atomic E-state index is 12.2. The van der Waals surface area contributed by atoms with Crippen LogP contribution in [0.15, 0.2) is 36.5 Å². The normalized spacial score (nSPS) is 16.8. The van der Waals surface area contributed by atoms with Gasteiger partial charge in [-0.25, -0.2) is 14.8 Å². The van der Waals surface area contributed by atoms with Crippen molar-refractivity contribution in [2.45, 2.75) is 19.4 Å². The Labute approximate surface area is 185 Å². The van der Waals surface area contributed by atoms with Gasteiger partial charge in [0.1, 0.15) is 5.82 Å². The number of pyridine rings is 1. The van der Waals surface area contributed by atoms with Gasteiger partial charge in [0.05, 0.1) is 23.7 Å². The van der Waals surface area contributed by atoms with Gasteiger partial charge in [-0.1, -0.05) is 0 Å². The summed E-state index contributed by atoms with van der Waals surface area (Å²) < 4.78 is 4.77. The van der Waals surface area contributed by atoms with Gasteiger partial charge in [0.25, 0.3) is 0 Å². The molecule has 0 unspecified atom stereocenters. The molecule has 1 saturated heterocycles. The zero-order valence-corrected chi connectivity index (χ0v) is 18.0. The van der Waals surface area contributed by atoms with Gasteiger partial charge < -0.3 is 19.9 Å². The Bertz CT molecular complexity index is 1150. The number of aromatic nitrogens is 3. The van der Waals surface area contributed by atoms with Crippen LogP contribution in [0.25, 0.3) is 11.0 Å². The average molecular weight is 435 g/mol. The second kappa shape index (κ2) is 8.58. The number of nitrogens with zero attached hydrogens (tertiary/aromatic N) is 4. The lowest BCUT2D eigenvalue weighted by molar-refractivity contribution is -0.134. The van der Waals surface area contributed by atoms with Crippen molar-refractivity contribution in [3.05, 3.63) is 47.7 Å². The van der Waals surface area contributed by atoms with Crippen LogP contribution in [0.2, 0.25) is 0 Å². The number of fused-ring (bicyclic) bond motifs is 1. The van der Waals surface area contributed by atoms with Gasteiger partial charge in [0.15, 0.2) is 0 Å². The molecule has 0 radical (unpaired) electrons. The summed E-state index contributed by atoms with van der Waals surface area (Å²) in [7, 11) is 1.36. The van der Waals surface area contributed by atoms with Gasteiger partial charge in [0.2, 0.25) is 11.9 Å². The van der Waals surface area contributed by atoms with Gasteiger partial charge in [-0.15, -0.1) is 0 Å². The molecule has 0 spiro atoms. The molecule has 2 aromatic heterocycles. The van der Waals surface area contributed by atoms with Crippen molar-refractivity contribution < 1.29 is 14.3 Å². The van der Waals surface area contributed by atoms with Gasteiger partial charge >= 0.3 is 5.97 Å². The fourth-order valence-electron chi connectivity index (χ4n) is 4.05. The number of aromatic amines is 1. The number of hydrogen-bond donors (Lipinski definition) is 2. The van der Waals surface area contributed by atoms with Crippen LogP contribution in [0.4, 0.5) is 11.8 Å². The molecule has 0 bridgehead atoms. The van der Waals surface area contributed by atoms with Crippen LogP contribution in [0.1, 0.15) is 28.8 Å². The van der Waals surface area contributed by atoms with Crippen LogP contribution in [-0.4, -0.2) is 69.9 Å². The van der Waals surface area contributed by atoms with E-state index in [0.29, 0.717) is 29.2 Å². The number of nitrogens with one attached hydrogen (secondary N) is 2. The maximum Gasteiger partial charge on any atom is 0.337 e. The number of amides is 1. The Balaban J connectivity index is 1.21. The predicted octanol–water partition coefficient (Wildman–Crippen LogP) is 2.54. The maximum absolute atomic E-state index is 12.2. The molecule has 1 aromatic carbocycles. The first-order chi connectivity index (χ1) is 15.6. The van der Waals surface area contributed by atoms with Gasteiger partial charge in [-0.05, 0) is 48.7 Å². The lowest BCUT2D eigenvalue weighted by Gasteiger charge is -2.34. The van der Waals surface area contributed by atoms with Gasteiger partial charge in [-0.2, -0.15) is 0 Å². The number of imidazole rings is 1. The number of anilines is 2. The number of carbonyl (C=O) groups is 2. The number of carbonyl (C=O) groups excluding carboxylic acids is 2. The molecule has 1 aliphatic carbocycles. The summed E-state index contributed by atoms with van der Waals surface area (Å²) in [4.78, 5) is 40.4. The largest absolute Gasteiger partial charge is 0.465 e. The summed E-state index contributed by atoms with van der Waals surface area (Å²) in [5.74, 6) is 1.49. The Hall–Kier alpha value is -3.46. The molecular formula is C23H26N6O3. The SMILES string of the molecule is COC(=O)c1ccc2nc(Nc3cc(CN4CCN(C(=O)C5CC5)CC4)ccn3)[nH]c2c1. The lowest BCUT2D eigenvalue weighted by Crippen LogP contribution is -2.48. The van der Waals surface area contributed by atoms with Crippen molar-refractivity contribution in [3.63, 3.8) is 0 Å². The highest BCUT2D eigenvalue weighted by molar-refractivity contribution is 5.94. The van der Waals surface area contributed by atoms with Crippen LogP contribution < -0.4 is 5.32 Å². The monoisotopic (exact) mass is 434 g/mol. The summed E-state index contributed by atoms with van der Waals surface area (Å²) in [5, 5.41) is 3.21. The third-order valence-corrected chi connectivity index (χ3v) is 5.99. The quantitative estimate of drug-likeness (QED) is 0.575. The lowest BCUT2D eigenvalue weighted by atomic mass is 10.2. The molecular weight excluding hydrogens is 408 g/mol. The number of rotatable bonds is 6. The summed E-state index contributed by atoms with van der Waals surface area (Å²) in [6.45, 7) is 4.19. The van der Waals surface area contributed by atoms with E-state index < -0.39 is 0 Å². The molecule has 2 aliphatic rings. The van der Waals surface area contributed by atoms with Crippen LogP contribution >= 0.6 is 0 Å². The zero-order valence-electron chi connectivity index (χ0n) is 18.0. The van der Waals surface area contributed by atoms with Crippen molar-refractivity contribution in [3.8, 4) is 0 Å². The van der Waals surface area contributed by atoms with Crippen LogP contribution in [0.3, 0.4) is 0 Å². The third kappa shape index (κ3) is 4.43. The molecule has 2 N–H and O–H groups in total. The highest BCUT2D eigenvalue weighted by Crippen LogP contribution is 2.31. The number of piperazine rings is 1. The Morgan fingerprint density at radius 1 is 1.16 bits per heavy atom. The Morgan fingerprint density at radius 3 is 2.72 bits per heavy atom. The number of ether oxygens (including phenoxy) is 1. The molecule has 166 valence electrons. The van der Waals surface area contributed by atoms with Crippen LogP contribution in [-0.2, 0) is 16.1 Å². The average Bonchev–Trinajstić information content (AvgIpc) is 3.58. The van der Waals surface area contributed by atoms with Gasteiger partial charge in [-0.3, -0.25) is 9.69 Å². The van der Waals surface area contributed by atoms with E-state index in [1.54, 1.807) is 24.4 Å². The fraction of sp³-hybridized carbons (Fsp3) is 0.391. The minimum absolute atomic E-state index is 0.292. The topological polar surface area (TPSA) is 103 Å². The number of esters is 1. The molecule has 32 heavy (non-hydrogen) atoms. The first-order valence-electron chi connectivity index (χ1n) is 10.9. The van der Waals surface area contributed by atoms with E-state index in [0.717, 1.165) is 62.2 Å². The Morgan fingerprint density at radius 2 is 1.97 bits per heavy atom. The molecule has 3 aromatic rings. The highest BCUT2D eigenvalue weighted by atomic mass is 16.5. The van der Waals surface area contributed by atoms with E-state index in [1.807, 2.05) is 17.0 Å². The van der Waals surface area contributed by atoms with Crippen molar-refractivity contribution >= 4 is 34.7 Å². The smallest absolute Gasteiger partial charge is 0.337 e. The second-order valence-electron chi connectivity index (χ2n) is 8.36. The highest BCUT2D eigenvalue weighted by Gasteiger charge is 2.34. The Kier molecular flexibility index (Phi) is 5.48. The van der Waals surface area contributed by atoms with Crippen molar-refractivity contribution in [2.75, 3.05) is 38.6 Å². The number of methoxy groups -OCH3 is 1. The summed E-state index contributed by atoms with van der Waals surface area (Å²) in [6, 6.07) is 9.20. The number of H-pyrrole nitrogens is 1. The molecule has 5 rings (SSSR count). The molecule has 9 nitrogen and oxygen atoms in total. The third-order valence-electron chi connectivity index (χ3n) is 5.99. The van der Waals surface area contributed by atoms with E-state index in [4.69, 9.17) is 4.74 Å². The fourth-order valence-corrected chi connectivity index (χ4v) is 4.05. The second-order valence-corrected chi connectivity index (χ2v) is 8.36. The molecule has 1 aliphatic heterocycles. The van der Waals surface area contributed by atoms with E-state index >= 15 is 0 Å². The summed E-state index contributed by atoms with van der Waals surface area (Å²) in [5.41, 5.74) is 3.10. The summed E-state index contributed by atoms with van der Waals surface area (Å²) >= 11 is 0. The van der Waals surface area contributed by atoms with Gasteiger partial charge in [0, 0.05) is 44.8 Å². The van der Waals surface area contributed by atoms with E-state index in [2.05, 4.69) is 25.2 Å². The summed E-state index contributed by atoms with van der Waals surface area (Å²) in [6.07, 6.45) is 3.90. The first-order valence-corrected chi connectivity index (χ1v) is 10.9. The molecule has 1 amide bonds. The minimum Gasteiger partial charge on any atom is -0.465 e. The molecule has 1 saturated carbocycles. The predicted molar refractivity (Wildman–Crippen MR) is 120 cm³/mol. The molecule has 2 fully saturated rings. The number of benzene rings is 1. The minimum atomic E-state index is -0.386. The molecule has 0 atom stereocenters. The van der Waals surface area contributed by atoms with Crippen molar-refractivity contribution in [1.82, 2.24) is 24.8 Å².